The van der Waals surface area contributed by atoms with Gasteiger partial charge in [-0.2, -0.15) is 23.5 Å². The smallest absolute Gasteiger partial charge is 0.326 e. The average molecular weight is 605 g/mol. The van der Waals surface area contributed by atoms with E-state index in [1.165, 1.54) is 0 Å². The van der Waals surface area contributed by atoms with Crippen LogP contribution in [0.25, 0.3) is 22.6 Å². The van der Waals surface area contributed by atoms with E-state index in [1.54, 1.807) is 35.8 Å². The zero-order chi connectivity index (χ0) is 29.9. The number of oxazole rings is 1. The molecule has 0 aliphatic heterocycles. The van der Waals surface area contributed by atoms with Crippen LogP contribution in [0.1, 0.15) is 46.7 Å². The number of aromatic nitrogens is 1. The Morgan fingerprint density at radius 2 is 1.81 bits per heavy atom. The minimum Gasteiger partial charge on any atom is -0.480 e. The van der Waals surface area contributed by atoms with Crippen LogP contribution in [-0.4, -0.2) is 51.5 Å². The van der Waals surface area contributed by atoms with Gasteiger partial charge in [0, 0.05) is 16.9 Å². The molecule has 1 heterocycles. The molecule has 4 aromatic rings. The second-order valence-corrected chi connectivity index (χ2v) is 12.0. The molecule has 0 saturated carbocycles. The number of hydrogen-bond donors (Lipinski definition) is 2. The summed E-state index contributed by atoms with van der Waals surface area (Å²) in [6.45, 7) is 4.39. The molecule has 2 atom stereocenters. The summed E-state index contributed by atoms with van der Waals surface area (Å²) in [5.41, 5.74) is 4.85. The van der Waals surface area contributed by atoms with Gasteiger partial charge in [0.25, 0.3) is 5.91 Å². The standard InChI is InChI=1S/C33H36N2O5S2/c1-4-42-21-30(29-19-34-32(40-29)24-11-6-5-7-12-24)39-20-23-14-15-26(27(18-23)25-13-9-8-10-22(25)2)31(36)35-28(33(37)38)16-17-41-3/h5-15,18-19,28,30H,4,16-17,20-21H2,1-3H3,(H,35,36)(H,37,38)/t28-,30+/m0/s1. The molecule has 0 bridgehead atoms. The number of nitrogens with one attached hydrogen (secondary N) is 1. The van der Waals surface area contributed by atoms with Crippen LogP contribution in [0, 0.1) is 6.92 Å². The Labute approximate surface area is 255 Å². The van der Waals surface area contributed by atoms with Crippen molar-refractivity contribution in [3.05, 3.63) is 101 Å². The first-order chi connectivity index (χ1) is 20.4. The van der Waals surface area contributed by atoms with E-state index >= 15 is 0 Å². The van der Waals surface area contributed by atoms with E-state index in [4.69, 9.17) is 9.15 Å². The Morgan fingerprint density at radius 1 is 1.05 bits per heavy atom. The van der Waals surface area contributed by atoms with Crippen LogP contribution < -0.4 is 5.32 Å². The highest BCUT2D eigenvalue weighted by atomic mass is 32.2. The van der Waals surface area contributed by atoms with E-state index in [-0.39, 0.29) is 6.10 Å². The first kappa shape index (κ1) is 31.4. The van der Waals surface area contributed by atoms with Crippen molar-refractivity contribution in [2.24, 2.45) is 0 Å². The van der Waals surface area contributed by atoms with E-state index in [9.17, 15) is 14.7 Å². The molecule has 0 radical (unpaired) electrons. The van der Waals surface area contributed by atoms with Gasteiger partial charge in [0.15, 0.2) is 5.76 Å². The SMILES string of the molecule is CCSC[C@@H](OCc1ccc(C(=O)N[C@@H](CCSC)C(=O)O)c(-c2ccccc2C)c1)c1cnc(-c2ccccc2)o1. The monoisotopic (exact) mass is 604 g/mol. The fourth-order valence-electron chi connectivity index (χ4n) is 4.49. The van der Waals surface area contributed by atoms with Gasteiger partial charge in [-0.25, -0.2) is 9.78 Å². The Morgan fingerprint density at radius 3 is 2.52 bits per heavy atom. The molecule has 3 aromatic carbocycles. The summed E-state index contributed by atoms with van der Waals surface area (Å²) in [6.07, 6.45) is 3.68. The molecule has 0 unspecified atom stereocenters. The van der Waals surface area contributed by atoms with Gasteiger partial charge in [-0.3, -0.25) is 4.79 Å². The summed E-state index contributed by atoms with van der Waals surface area (Å²) < 4.78 is 12.5. The van der Waals surface area contributed by atoms with Crippen LogP contribution in [0.4, 0.5) is 0 Å². The van der Waals surface area contributed by atoms with Crippen LogP contribution >= 0.6 is 23.5 Å². The number of aliphatic carboxylic acids is 1. The third-order valence-corrected chi connectivity index (χ3v) is 8.35. The van der Waals surface area contributed by atoms with Crippen molar-refractivity contribution in [2.45, 2.75) is 39.0 Å². The van der Waals surface area contributed by atoms with Crippen molar-refractivity contribution in [3.8, 4) is 22.6 Å². The Hall–Kier alpha value is -3.53. The van der Waals surface area contributed by atoms with Crippen LogP contribution in [0.3, 0.4) is 0 Å². The summed E-state index contributed by atoms with van der Waals surface area (Å²) in [5.74, 6) is 2.03. The molecule has 42 heavy (non-hydrogen) atoms. The number of carbonyl (C=O) groups excluding carboxylic acids is 1. The van der Waals surface area contributed by atoms with Crippen molar-refractivity contribution in [1.29, 1.82) is 0 Å². The van der Waals surface area contributed by atoms with Gasteiger partial charge in [-0.1, -0.05) is 55.5 Å². The molecule has 7 nitrogen and oxygen atoms in total. The first-order valence-electron chi connectivity index (χ1n) is 13.8. The Balaban J connectivity index is 1.59. The number of aryl methyl sites for hydroxylation is 1. The molecule has 1 aromatic heterocycles. The van der Waals surface area contributed by atoms with Crippen molar-refractivity contribution in [2.75, 3.05) is 23.5 Å². The highest BCUT2D eigenvalue weighted by molar-refractivity contribution is 7.99. The van der Waals surface area contributed by atoms with Gasteiger partial charge in [0.05, 0.1) is 12.8 Å². The minimum atomic E-state index is -1.04. The predicted octanol–water partition coefficient (Wildman–Crippen LogP) is 7.26. The lowest BCUT2D eigenvalue weighted by Gasteiger charge is -2.19. The van der Waals surface area contributed by atoms with Gasteiger partial charge in [0.1, 0.15) is 12.1 Å². The van der Waals surface area contributed by atoms with Gasteiger partial charge >= 0.3 is 5.97 Å². The second-order valence-electron chi connectivity index (χ2n) is 9.73. The molecular weight excluding hydrogens is 569 g/mol. The maximum Gasteiger partial charge on any atom is 0.326 e. The Bertz CT molecular complexity index is 1470. The number of carboxylic acids is 1. The maximum absolute atomic E-state index is 13.4. The molecule has 0 saturated heterocycles. The number of benzene rings is 3. The summed E-state index contributed by atoms with van der Waals surface area (Å²) in [4.78, 5) is 29.7. The van der Waals surface area contributed by atoms with Crippen molar-refractivity contribution >= 4 is 35.4 Å². The number of amides is 1. The molecule has 2 N–H and O–H groups in total. The highest BCUT2D eigenvalue weighted by Gasteiger charge is 2.23. The van der Waals surface area contributed by atoms with Gasteiger partial charge in [-0.15, -0.1) is 0 Å². The van der Waals surface area contributed by atoms with Crippen LogP contribution in [0.15, 0.2) is 83.4 Å². The number of carbonyl (C=O) groups is 2. The lowest BCUT2D eigenvalue weighted by molar-refractivity contribution is -0.139. The average Bonchev–Trinajstić information content (AvgIpc) is 3.50. The van der Waals surface area contributed by atoms with Crippen molar-refractivity contribution in [1.82, 2.24) is 10.3 Å². The topological polar surface area (TPSA) is 102 Å². The molecule has 4 rings (SSSR count). The summed E-state index contributed by atoms with van der Waals surface area (Å²) in [7, 11) is 0. The molecule has 220 valence electrons. The van der Waals surface area contributed by atoms with Gasteiger partial charge in [-0.05, 0) is 77.6 Å². The van der Waals surface area contributed by atoms with E-state index in [0.717, 1.165) is 33.6 Å². The van der Waals surface area contributed by atoms with Gasteiger partial charge < -0.3 is 19.6 Å². The highest BCUT2D eigenvalue weighted by Crippen LogP contribution is 2.31. The van der Waals surface area contributed by atoms with E-state index < -0.39 is 17.9 Å². The molecule has 0 spiro atoms. The number of thioether (sulfide) groups is 2. The first-order valence-corrected chi connectivity index (χ1v) is 16.4. The minimum absolute atomic E-state index is 0.294. The number of rotatable bonds is 15. The Kier molecular flexibility index (Phi) is 11.7. The number of nitrogens with zero attached hydrogens (tertiary/aromatic N) is 1. The third kappa shape index (κ3) is 8.27. The number of ether oxygens (including phenoxy) is 1. The zero-order valence-electron chi connectivity index (χ0n) is 24.0. The van der Waals surface area contributed by atoms with E-state index in [1.807, 2.05) is 79.9 Å². The fourth-order valence-corrected chi connectivity index (χ4v) is 5.67. The van der Waals surface area contributed by atoms with Crippen LogP contribution in [-0.2, 0) is 16.1 Å². The zero-order valence-corrected chi connectivity index (χ0v) is 25.7. The van der Waals surface area contributed by atoms with E-state index in [2.05, 4.69) is 17.2 Å². The molecule has 0 aliphatic carbocycles. The maximum atomic E-state index is 13.4. The van der Waals surface area contributed by atoms with Crippen molar-refractivity contribution in [3.63, 3.8) is 0 Å². The molecule has 1 amide bonds. The summed E-state index contributed by atoms with van der Waals surface area (Å²) in [5, 5.41) is 12.4. The molecule has 0 fully saturated rings. The number of carboxylic acid groups (broad SMARTS) is 1. The van der Waals surface area contributed by atoms with Crippen molar-refractivity contribution < 1.29 is 23.8 Å². The quantitative estimate of drug-likeness (QED) is 0.146. The number of hydrogen-bond acceptors (Lipinski definition) is 7. The summed E-state index contributed by atoms with van der Waals surface area (Å²) in [6, 6.07) is 22.2. The van der Waals surface area contributed by atoms with Crippen LogP contribution in [0.5, 0.6) is 0 Å². The lowest BCUT2D eigenvalue weighted by Crippen LogP contribution is -2.41. The fraction of sp³-hybridized carbons (Fsp3) is 0.303. The van der Waals surface area contributed by atoms with Gasteiger partial charge in [0.2, 0.25) is 5.89 Å². The van der Waals surface area contributed by atoms with Crippen LogP contribution in [0.2, 0.25) is 0 Å². The molecular formula is C33H36N2O5S2. The lowest BCUT2D eigenvalue weighted by atomic mass is 9.93. The third-order valence-electron chi connectivity index (χ3n) is 6.76. The molecule has 9 heteroatoms. The van der Waals surface area contributed by atoms with E-state index in [0.29, 0.717) is 41.7 Å². The predicted molar refractivity (Wildman–Crippen MR) is 171 cm³/mol. The second kappa shape index (κ2) is 15.6. The normalized spacial score (nSPS) is 12.5. The molecule has 0 aliphatic rings. The summed E-state index contributed by atoms with van der Waals surface area (Å²) >= 11 is 3.30. The largest absolute Gasteiger partial charge is 0.480 e.